The highest BCUT2D eigenvalue weighted by Gasteiger charge is 2.21. The lowest BCUT2D eigenvalue weighted by molar-refractivity contribution is 0.0696. The van der Waals surface area contributed by atoms with Crippen molar-refractivity contribution < 1.29 is 4.79 Å². The lowest BCUT2D eigenvalue weighted by Gasteiger charge is -2.30. The van der Waals surface area contributed by atoms with Gasteiger partial charge in [0.15, 0.2) is 0 Å². The first-order valence-corrected chi connectivity index (χ1v) is 7.97. The average molecular weight is 311 g/mol. The van der Waals surface area contributed by atoms with E-state index in [4.69, 9.17) is 0 Å². The number of nitrogens with one attached hydrogen (secondary N) is 1. The van der Waals surface area contributed by atoms with Crippen LogP contribution in [0.5, 0.6) is 0 Å². The Morgan fingerprint density at radius 1 is 1.22 bits per heavy atom. The maximum Gasteiger partial charge on any atom is 0.256 e. The Morgan fingerprint density at radius 3 is 2.61 bits per heavy atom. The van der Waals surface area contributed by atoms with Crippen molar-refractivity contribution in [3.05, 3.63) is 48.0 Å². The molecule has 3 rings (SSSR count). The number of amides is 1. The van der Waals surface area contributed by atoms with Crippen LogP contribution in [0.4, 0.5) is 5.95 Å². The molecule has 2 aromatic heterocycles. The van der Waals surface area contributed by atoms with Crippen molar-refractivity contribution >= 4 is 11.9 Å². The molecular formula is C17H21N5O. The van der Waals surface area contributed by atoms with E-state index in [2.05, 4.69) is 27.2 Å². The molecule has 1 N–H and O–H groups in total. The average Bonchev–Trinajstić information content (AvgIpc) is 2.61. The van der Waals surface area contributed by atoms with E-state index < -0.39 is 0 Å². The van der Waals surface area contributed by atoms with Crippen LogP contribution in [-0.2, 0) is 6.54 Å². The number of piperidine rings is 1. The summed E-state index contributed by atoms with van der Waals surface area (Å²) in [5, 5.41) is 3.10. The van der Waals surface area contributed by atoms with E-state index in [1.807, 2.05) is 23.1 Å². The van der Waals surface area contributed by atoms with Crippen molar-refractivity contribution in [3.63, 3.8) is 0 Å². The van der Waals surface area contributed by atoms with Crippen LogP contribution in [0.1, 0.15) is 35.8 Å². The summed E-state index contributed by atoms with van der Waals surface area (Å²) in [4.78, 5) is 27.0. The van der Waals surface area contributed by atoms with Gasteiger partial charge in [-0.3, -0.25) is 9.78 Å². The Balaban J connectivity index is 1.57. The third-order valence-electron chi connectivity index (χ3n) is 4.12. The fraction of sp³-hybridized carbons (Fsp3) is 0.412. The topological polar surface area (TPSA) is 71.0 Å². The quantitative estimate of drug-likeness (QED) is 0.938. The number of hydrogen-bond acceptors (Lipinski definition) is 5. The number of hydrogen-bond donors (Lipinski definition) is 1. The SMILES string of the molecule is CC1CCN(C(=O)c2cnc(NCc3ccccn3)nc2)CC1. The number of anilines is 1. The van der Waals surface area contributed by atoms with Crippen molar-refractivity contribution in [2.24, 2.45) is 5.92 Å². The second-order valence-electron chi connectivity index (χ2n) is 5.94. The molecule has 0 spiro atoms. The minimum absolute atomic E-state index is 0.0215. The van der Waals surface area contributed by atoms with Crippen LogP contribution in [-0.4, -0.2) is 38.8 Å². The molecule has 6 nitrogen and oxygen atoms in total. The predicted octanol–water partition coefficient (Wildman–Crippen LogP) is 2.36. The highest BCUT2D eigenvalue weighted by Crippen LogP contribution is 2.18. The summed E-state index contributed by atoms with van der Waals surface area (Å²) in [5.41, 5.74) is 1.46. The monoisotopic (exact) mass is 311 g/mol. The van der Waals surface area contributed by atoms with Crippen molar-refractivity contribution in [2.45, 2.75) is 26.3 Å². The van der Waals surface area contributed by atoms with E-state index >= 15 is 0 Å². The van der Waals surface area contributed by atoms with Gasteiger partial charge in [-0.1, -0.05) is 13.0 Å². The minimum Gasteiger partial charge on any atom is -0.349 e. The number of likely N-dealkylation sites (tertiary alicyclic amines) is 1. The summed E-state index contributed by atoms with van der Waals surface area (Å²) in [6, 6.07) is 5.75. The standard InChI is InChI=1S/C17H21N5O/c1-13-5-8-22(9-6-13)16(23)14-10-19-17(20-11-14)21-12-15-4-2-3-7-18-15/h2-4,7,10-11,13H,5-6,8-9,12H2,1H3,(H,19,20,21). The summed E-state index contributed by atoms with van der Waals surface area (Å²) in [7, 11) is 0. The first-order chi connectivity index (χ1) is 11.2. The number of rotatable bonds is 4. The van der Waals surface area contributed by atoms with Gasteiger partial charge >= 0.3 is 0 Å². The van der Waals surface area contributed by atoms with E-state index in [1.165, 1.54) is 0 Å². The maximum atomic E-state index is 12.4. The number of pyridine rings is 1. The van der Waals surface area contributed by atoms with E-state index in [-0.39, 0.29) is 5.91 Å². The minimum atomic E-state index is 0.0215. The molecule has 120 valence electrons. The fourth-order valence-electron chi connectivity index (χ4n) is 2.60. The van der Waals surface area contributed by atoms with Crippen molar-refractivity contribution in [1.29, 1.82) is 0 Å². The number of carbonyl (C=O) groups excluding carboxylic acids is 1. The highest BCUT2D eigenvalue weighted by atomic mass is 16.2. The molecule has 0 aliphatic carbocycles. The second-order valence-corrected chi connectivity index (χ2v) is 5.94. The summed E-state index contributed by atoms with van der Waals surface area (Å²) >= 11 is 0. The van der Waals surface area contributed by atoms with Gasteiger partial charge in [-0.2, -0.15) is 0 Å². The Kier molecular flexibility index (Phi) is 4.80. The summed E-state index contributed by atoms with van der Waals surface area (Å²) in [6.45, 7) is 4.42. The molecular weight excluding hydrogens is 290 g/mol. The molecule has 0 atom stereocenters. The number of nitrogens with zero attached hydrogens (tertiary/aromatic N) is 4. The first-order valence-electron chi connectivity index (χ1n) is 7.97. The molecule has 0 unspecified atom stereocenters. The molecule has 6 heteroatoms. The van der Waals surface area contributed by atoms with E-state index in [0.717, 1.165) is 31.6 Å². The molecule has 1 aliphatic heterocycles. The zero-order chi connectivity index (χ0) is 16.1. The zero-order valence-corrected chi connectivity index (χ0v) is 13.3. The lowest BCUT2D eigenvalue weighted by Crippen LogP contribution is -2.38. The third-order valence-corrected chi connectivity index (χ3v) is 4.12. The molecule has 0 aromatic carbocycles. The van der Waals surface area contributed by atoms with Crippen molar-refractivity contribution in [3.8, 4) is 0 Å². The normalized spacial score (nSPS) is 15.4. The molecule has 0 radical (unpaired) electrons. The Hall–Kier alpha value is -2.50. The molecule has 0 bridgehead atoms. The second kappa shape index (κ2) is 7.17. The van der Waals surface area contributed by atoms with Gasteiger partial charge < -0.3 is 10.2 Å². The molecule has 0 saturated carbocycles. The van der Waals surface area contributed by atoms with Crippen LogP contribution in [0.2, 0.25) is 0 Å². The van der Waals surface area contributed by atoms with Gasteiger partial charge in [-0.25, -0.2) is 9.97 Å². The summed E-state index contributed by atoms with van der Waals surface area (Å²) in [5.74, 6) is 1.22. The highest BCUT2D eigenvalue weighted by molar-refractivity contribution is 5.93. The number of aromatic nitrogens is 3. The zero-order valence-electron chi connectivity index (χ0n) is 13.3. The molecule has 23 heavy (non-hydrogen) atoms. The predicted molar refractivity (Wildman–Crippen MR) is 87.9 cm³/mol. The van der Waals surface area contributed by atoms with E-state index in [9.17, 15) is 4.79 Å². The lowest BCUT2D eigenvalue weighted by atomic mass is 9.99. The number of carbonyl (C=O) groups is 1. The van der Waals surface area contributed by atoms with Crippen molar-refractivity contribution in [1.82, 2.24) is 19.9 Å². The molecule has 2 aromatic rings. The van der Waals surface area contributed by atoms with Crippen LogP contribution in [0, 0.1) is 5.92 Å². The van der Waals surface area contributed by atoms with Gasteiger partial charge in [0, 0.05) is 31.7 Å². The van der Waals surface area contributed by atoms with Crippen LogP contribution >= 0.6 is 0 Å². The Bertz CT molecular complexity index is 636. The molecule has 1 aliphatic rings. The smallest absolute Gasteiger partial charge is 0.256 e. The van der Waals surface area contributed by atoms with Gasteiger partial charge in [-0.05, 0) is 30.9 Å². The molecule has 1 saturated heterocycles. The van der Waals surface area contributed by atoms with E-state index in [0.29, 0.717) is 24.0 Å². The van der Waals surface area contributed by atoms with Gasteiger partial charge in [0.1, 0.15) is 0 Å². The third kappa shape index (κ3) is 4.03. The molecule has 1 amide bonds. The Labute approximate surface area is 136 Å². The van der Waals surface area contributed by atoms with Gasteiger partial charge in [0.2, 0.25) is 5.95 Å². The fourth-order valence-corrected chi connectivity index (χ4v) is 2.60. The van der Waals surface area contributed by atoms with Crippen LogP contribution in [0.3, 0.4) is 0 Å². The summed E-state index contributed by atoms with van der Waals surface area (Å²) < 4.78 is 0. The largest absolute Gasteiger partial charge is 0.349 e. The van der Waals surface area contributed by atoms with Gasteiger partial charge in [0.05, 0.1) is 17.8 Å². The maximum absolute atomic E-state index is 12.4. The first kappa shape index (κ1) is 15.4. The summed E-state index contributed by atoms with van der Waals surface area (Å²) in [6.07, 6.45) is 7.06. The van der Waals surface area contributed by atoms with Crippen molar-refractivity contribution in [2.75, 3.05) is 18.4 Å². The molecule has 1 fully saturated rings. The van der Waals surface area contributed by atoms with Gasteiger partial charge in [-0.15, -0.1) is 0 Å². The van der Waals surface area contributed by atoms with Crippen LogP contribution < -0.4 is 5.32 Å². The van der Waals surface area contributed by atoms with Crippen LogP contribution in [0.15, 0.2) is 36.8 Å². The van der Waals surface area contributed by atoms with Gasteiger partial charge in [0.25, 0.3) is 5.91 Å². The Morgan fingerprint density at radius 2 is 1.96 bits per heavy atom. The van der Waals surface area contributed by atoms with Crippen LogP contribution in [0.25, 0.3) is 0 Å². The molecule has 3 heterocycles. The van der Waals surface area contributed by atoms with E-state index in [1.54, 1.807) is 18.6 Å².